The maximum absolute atomic E-state index is 13.5. The number of hydrogen-bond acceptors (Lipinski definition) is 5. The molecule has 2 heterocycles. The third-order valence-corrected chi connectivity index (χ3v) is 8.27. The summed E-state index contributed by atoms with van der Waals surface area (Å²) in [6, 6.07) is 11.8. The van der Waals surface area contributed by atoms with Crippen LogP contribution in [0.4, 0.5) is 20.2 Å². The Morgan fingerprint density at radius 3 is 2.37 bits per heavy atom. The van der Waals surface area contributed by atoms with Crippen LogP contribution in [-0.2, 0) is 19.6 Å². The summed E-state index contributed by atoms with van der Waals surface area (Å²) in [6.07, 6.45) is 0.277. The molecule has 4 rings (SSSR count). The van der Waals surface area contributed by atoms with Crippen molar-refractivity contribution in [3.8, 4) is 0 Å². The zero-order valence-corrected chi connectivity index (χ0v) is 20.0. The van der Waals surface area contributed by atoms with Gasteiger partial charge in [0.1, 0.15) is 11.6 Å². The summed E-state index contributed by atoms with van der Waals surface area (Å²) >= 11 is 0. The topological polar surface area (TPSA) is 90.0 Å². The number of anilines is 2. The molecular formula is C24H28F2N4O4S. The lowest BCUT2D eigenvalue weighted by Crippen LogP contribution is -2.49. The van der Waals surface area contributed by atoms with Gasteiger partial charge in [0.15, 0.2) is 0 Å². The van der Waals surface area contributed by atoms with Crippen LogP contribution in [0.2, 0.25) is 0 Å². The van der Waals surface area contributed by atoms with Crippen LogP contribution < -0.4 is 15.1 Å². The van der Waals surface area contributed by atoms with Crippen LogP contribution in [0.15, 0.2) is 48.5 Å². The van der Waals surface area contributed by atoms with Crippen molar-refractivity contribution in [2.45, 2.75) is 12.8 Å². The SMILES string of the molecule is O=C(NCCCS(=O)(=O)N1CCN(c2ccc(F)cc2)CC1)C1CC(=O)N(c2cccc(F)c2)C1. The Bertz CT molecular complexity index is 1170. The van der Waals surface area contributed by atoms with Crippen LogP contribution in [0.5, 0.6) is 0 Å². The van der Waals surface area contributed by atoms with Gasteiger partial charge in [-0.15, -0.1) is 0 Å². The number of carbonyl (C=O) groups excluding carboxylic acids is 2. The Morgan fingerprint density at radius 1 is 0.971 bits per heavy atom. The average molecular weight is 507 g/mol. The summed E-state index contributed by atoms with van der Waals surface area (Å²) in [7, 11) is -3.47. The number of carbonyl (C=O) groups is 2. The minimum absolute atomic E-state index is 0.0268. The molecule has 8 nitrogen and oxygen atoms in total. The van der Waals surface area contributed by atoms with Gasteiger partial charge in [-0.3, -0.25) is 9.59 Å². The van der Waals surface area contributed by atoms with Gasteiger partial charge in [0.05, 0.1) is 11.7 Å². The number of rotatable bonds is 8. The molecule has 1 atom stereocenters. The summed E-state index contributed by atoms with van der Waals surface area (Å²) in [5.74, 6) is -2.00. The number of hydrogen-bond donors (Lipinski definition) is 1. The Balaban J connectivity index is 1.20. The Morgan fingerprint density at radius 2 is 1.69 bits per heavy atom. The normalized spacial score (nSPS) is 19.3. The third-order valence-electron chi connectivity index (χ3n) is 6.32. The van der Waals surface area contributed by atoms with Crippen LogP contribution in [0, 0.1) is 17.6 Å². The lowest BCUT2D eigenvalue weighted by atomic mass is 10.1. The van der Waals surface area contributed by atoms with Gasteiger partial charge < -0.3 is 15.1 Å². The molecule has 2 aliphatic heterocycles. The number of nitrogens with zero attached hydrogens (tertiary/aromatic N) is 3. The van der Waals surface area contributed by atoms with Gasteiger partial charge in [-0.1, -0.05) is 6.07 Å². The zero-order valence-electron chi connectivity index (χ0n) is 19.2. The highest BCUT2D eigenvalue weighted by atomic mass is 32.2. The maximum atomic E-state index is 13.5. The van der Waals surface area contributed by atoms with E-state index < -0.39 is 21.8 Å². The second-order valence-electron chi connectivity index (χ2n) is 8.71. The molecule has 0 bridgehead atoms. The van der Waals surface area contributed by atoms with Crippen LogP contribution >= 0.6 is 0 Å². The lowest BCUT2D eigenvalue weighted by molar-refractivity contribution is -0.126. The summed E-state index contributed by atoms with van der Waals surface area (Å²) in [4.78, 5) is 28.2. The minimum Gasteiger partial charge on any atom is -0.369 e. The van der Waals surface area contributed by atoms with E-state index in [1.54, 1.807) is 18.2 Å². The van der Waals surface area contributed by atoms with Crippen molar-refractivity contribution in [1.29, 1.82) is 0 Å². The zero-order chi connectivity index (χ0) is 25.0. The van der Waals surface area contributed by atoms with E-state index in [-0.39, 0.29) is 49.3 Å². The second-order valence-corrected chi connectivity index (χ2v) is 10.8. The molecule has 188 valence electrons. The van der Waals surface area contributed by atoms with Crippen molar-refractivity contribution in [1.82, 2.24) is 9.62 Å². The molecule has 11 heteroatoms. The first-order chi connectivity index (χ1) is 16.7. The van der Waals surface area contributed by atoms with Crippen LogP contribution in [0.3, 0.4) is 0 Å². The average Bonchev–Trinajstić information content (AvgIpc) is 3.24. The fourth-order valence-corrected chi connectivity index (χ4v) is 5.88. The Hall–Kier alpha value is -3.05. The standard InChI is InChI=1S/C24H28F2N4O4S/c25-19-5-7-21(8-6-19)28-10-12-29(13-11-28)35(33,34)14-2-9-27-24(32)18-15-23(31)30(17-18)22-4-1-3-20(26)16-22/h1,3-8,16,18H,2,9-15,17H2,(H,27,32). The van der Waals surface area contributed by atoms with Gasteiger partial charge in [-0.25, -0.2) is 17.2 Å². The molecule has 2 aromatic carbocycles. The number of nitrogens with one attached hydrogen (secondary N) is 1. The van der Waals surface area contributed by atoms with Gasteiger partial charge >= 0.3 is 0 Å². The van der Waals surface area contributed by atoms with Gasteiger partial charge in [-0.2, -0.15) is 4.31 Å². The summed E-state index contributed by atoms with van der Waals surface area (Å²) in [5.41, 5.74) is 1.27. The highest BCUT2D eigenvalue weighted by molar-refractivity contribution is 7.89. The fraction of sp³-hybridized carbons (Fsp3) is 0.417. The molecule has 2 aromatic rings. The van der Waals surface area contributed by atoms with E-state index in [1.807, 2.05) is 4.90 Å². The van der Waals surface area contributed by atoms with E-state index in [9.17, 15) is 26.8 Å². The van der Waals surface area contributed by atoms with E-state index in [0.29, 0.717) is 31.9 Å². The Labute approximate surface area is 203 Å². The van der Waals surface area contributed by atoms with Crippen molar-refractivity contribution in [2.24, 2.45) is 5.92 Å². The van der Waals surface area contributed by atoms with Crippen LogP contribution in [0.25, 0.3) is 0 Å². The highest BCUT2D eigenvalue weighted by Gasteiger charge is 2.35. The van der Waals surface area contributed by atoms with Crippen molar-refractivity contribution >= 4 is 33.2 Å². The number of amides is 2. The summed E-state index contributed by atoms with van der Waals surface area (Å²) in [5, 5.41) is 2.72. The number of benzene rings is 2. The molecule has 0 saturated carbocycles. The molecule has 2 amide bonds. The molecule has 0 radical (unpaired) electrons. The van der Waals surface area contributed by atoms with E-state index in [2.05, 4.69) is 5.32 Å². The summed E-state index contributed by atoms with van der Waals surface area (Å²) in [6.45, 7) is 2.04. The first-order valence-electron chi connectivity index (χ1n) is 11.5. The van der Waals surface area contributed by atoms with Gasteiger partial charge in [0, 0.05) is 57.1 Å². The Kier molecular flexibility index (Phi) is 7.66. The molecule has 2 saturated heterocycles. The first-order valence-corrected chi connectivity index (χ1v) is 13.2. The van der Waals surface area contributed by atoms with Gasteiger partial charge in [-0.05, 0) is 48.9 Å². The molecule has 35 heavy (non-hydrogen) atoms. The predicted molar refractivity (Wildman–Crippen MR) is 128 cm³/mol. The van der Waals surface area contributed by atoms with E-state index in [4.69, 9.17) is 0 Å². The first kappa shape index (κ1) is 25.1. The van der Waals surface area contributed by atoms with Crippen molar-refractivity contribution in [3.05, 3.63) is 60.2 Å². The molecule has 0 aromatic heterocycles. The molecule has 0 aliphatic carbocycles. The lowest BCUT2D eigenvalue weighted by Gasteiger charge is -2.35. The van der Waals surface area contributed by atoms with Crippen LogP contribution in [0.1, 0.15) is 12.8 Å². The van der Waals surface area contributed by atoms with Gasteiger partial charge in [0.2, 0.25) is 21.8 Å². The van der Waals surface area contributed by atoms with Crippen molar-refractivity contribution < 1.29 is 26.8 Å². The minimum atomic E-state index is -3.47. The largest absolute Gasteiger partial charge is 0.369 e. The molecule has 1 unspecified atom stereocenters. The van der Waals surface area contributed by atoms with E-state index in [0.717, 1.165) is 5.69 Å². The summed E-state index contributed by atoms with van der Waals surface area (Å²) < 4.78 is 53.4. The molecular weight excluding hydrogens is 478 g/mol. The number of piperazine rings is 1. The van der Waals surface area contributed by atoms with E-state index >= 15 is 0 Å². The quantitative estimate of drug-likeness (QED) is 0.553. The highest BCUT2D eigenvalue weighted by Crippen LogP contribution is 2.25. The predicted octanol–water partition coefficient (Wildman–Crippen LogP) is 1.98. The number of halogens is 2. The molecule has 2 aliphatic rings. The van der Waals surface area contributed by atoms with Crippen molar-refractivity contribution in [2.75, 3.05) is 54.8 Å². The maximum Gasteiger partial charge on any atom is 0.227 e. The van der Waals surface area contributed by atoms with Crippen molar-refractivity contribution in [3.63, 3.8) is 0 Å². The smallest absolute Gasteiger partial charge is 0.227 e. The van der Waals surface area contributed by atoms with Gasteiger partial charge in [0.25, 0.3) is 0 Å². The molecule has 0 spiro atoms. The van der Waals surface area contributed by atoms with Crippen LogP contribution in [-0.4, -0.2) is 69.6 Å². The van der Waals surface area contributed by atoms with E-state index in [1.165, 1.54) is 39.5 Å². The third kappa shape index (κ3) is 6.15. The fourth-order valence-electron chi connectivity index (χ4n) is 4.39. The monoisotopic (exact) mass is 506 g/mol. The second kappa shape index (κ2) is 10.7. The number of sulfonamides is 1. The molecule has 2 fully saturated rings. The molecule has 1 N–H and O–H groups in total.